The van der Waals surface area contributed by atoms with Gasteiger partial charge in [-0.15, -0.1) is 0 Å². The third-order valence-electron chi connectivity index (χ3n) is 2.41. The summed E-state index contributed by atoms with van der Waals surface area (Å²) in [6, 6.07) is 0.150. The second-order valence-corrected chi connectivity index (χ2v) is 3.30. The van der Waals surface area contributed by atoms with Crippen molar-refractivity contribution >= 4 is 5.52 Å². The first-order valence-electron chi connectivity index (χ1n) is 4.80. The highest BCUT2D eigenvalue weighted by molar-refractivity contribution is 5.53. The van der Waals surface area contributed by atoms with E-state index < -0.39 is 0 Å². The van der Waals surface area contributed by atoms with Crippen molar-refractivity contribution in [3.05, 3.63) is 30.4 Å². The Bertz CT molecular complexity index is 440. The average molecular weight is 206 g/mol. The molecule has 2 aromatic rings. The number of aromatic nitrogens is 3. The van der Waals surface area contributed by atoms with Crippen molar-refractivity contribution in [2.75, 3.05) is 20.8 Å². The Balaban J connectivity index is 2.41. The third-order valence-corrected chi connectivity index (χ3v) is 2.41. The minimum Gasteiger partial charge on any atom is -0.383 e. The molecule has 0 spiro atoms. The van der Waals surface area contributed by atoms with Gasteiger partial charge in [0.15, 0.2) is 0 Å². The molecule has 1 unspecified atom stereocenters. The number of rotatable bonds is 4. The second kappa shape index (κ2) is 4.37. The van der Waals surface area contributed by atoms with Gasteiger partial charge in [-0.1, -0.05) is 0 Å². The van der Waals surface area contributed by atoms with Crippen LogP contribution in [0.15, 0.2) is 24.8 Å². The first-order valence-corrected chi connectivity index (χ1v) is 4.80. The lowest BCUT2D eigenvalue weighted by Gasteiger charge is -2.13. The Morgan fingerprint density at radius 3 is 3.13 bits per heavy atom. The topological polar surface area (TPSA) is 51.5 Å². The molecule has 0 aromatic carbocycles. The van der Waals surface area contributed by atoms with Crippen LogP contribution in [0.3, 0.4) is 0 Å². The van der Waals surface area contributed by atoms with Crippen molar-refractivity contribution in [3.8, 4) is 0 Å². The Morgan fingerprint density at radius 2 is 2.40 bits per heavy atom. The van der Waals surface area contributed by atoms with Crippen LogP contribution in [-0.2, 0) is 4.74 Å². The largest absolute Gasteiger partial charge is 0.383 e. The van der Waals surface area contributed by atoms with Crippen LogP contribution in [0.4, 0.5) is 0 Å². The molecule has 5 heteroatoms. The summed E-state index contributed by atoms with van der Waals surface area (Å²) < 4.78 is 6.96. The first kappa shape index (κ1) is 10.1. The van der Waals surface area contributed by atoms with Crippen LogP contribution >= 0.6 is 0 Å². The van der Waals surface area contributed by atoms with E-state index >= 15 is 0 Å². The van der Waals surface area contributed by atoms with Crippen LogP contribution < -0.4 is 5.32 Å². The van der Waals surface area contributed by atoms with E-state index in [2.05, 4.69) is 15.4 Å². The number of ether oxygens (including phenoxy) is 1. The molecule has 1 atom stereocenters. The van der Waals surface area contributed by atoms with Crippen molar-refractivity contribution in [2.45, 2.75) is 6.04 Å². The lowest BCUT2D eigenvalue weighted by Crippen LogP contribution is -2.20. The van der Waals surface area contributed by atoms with E-state index in [4.69, 9.17) is 4.74 Å². The Hall–Kier alpha value is -1.46. The number of nitrogens with one attached hydrogen (secondary N) is 1. The number of hydrogen-bond acceptors (Lipinski definition) is 4. The predicted octanol–water partition coefficient (Wildman–Crippen LogP) is 0.636. The van der Waals surface area contributed by atoms with Crippen molar-refractivity contribution in [1.29, 1.82) is 0 Å². The molecule has 0 amide bonds. The fourth-order valence-corrected chi connectivity index (χ4v) is 1.62. The quantitative estimate of drug-likeness (QED) is 0.797. The highest BCUT2D eigenvalue weighted by Crippen LogP contribution is 2.17. The summed E-state index contributed by atoms with van der Waals surface area (Å²) in [4.78, 5) is 4.09. The molecule has 0 radical (unpaired) electrons. The number of fused-ring (bicyclic) bond motifs is 1. The van der Waals surface area contributed by atoms with Crippen molar-refractivity contribution in [2.24, 2.45) is 0 Å². The summed E-state index contributed by atoms with van der Waals surface area (Å²) in [5, 5.41) is 7.44. The van der Waals surface area contributed by atoms with Crippen LogP contribution in [0.2, 0.25) is 0 Å². The van der Waals surface area contributed by atoms with E-state index in [0.29, 0.717) is 6.61 Å². The molecule has 1 N–H and O–H groups in total. The zero-order valence-corrected chi connectivity index (χ0v) is 8.84. The number of methoxy groups -OCH3 is 1. The standard InChI is InChI=1S/C10H14N4O/c1-11-9(7-15-2)8-5-13-14-4-3-12-6-10(8)14/h3-6,9,11H,7H2,1-2H3. The van der Waals surface area contributed by atoms with Crippen molar-refractivity contribution in [3.63, 3.8) is 0 Å². The molecule has 80 valence electrons. The van der Waals surface area contributed by atoms with Gasteiger partial charge in [0.25, 0.3) is 0 Å². The molecular formula is C10H14N4O. The van der Waals surface area contributed by atoms with Crippen LogP contribution in [0.25, 0.3) is 5.52 Å². The summed E-state index contributed by atoms with van der Waals surface area (Å²) in [5.41, 5.74) is 2.11. The average Bonchev–Trinajstić information content (AvgIpc) is 2.70. The van der Waals surface area contributed by atoms with Gasteiger partial charge in [0.1, 0.15) is 0 Å². The molecule has 0 aliphatic heterocycles. The molecule has 0 fully saturated rings. The van der Waals surface area contributed by atoms with Gasteiger partial charge in [-0.2, -0.15) is 5.10 Å². The van der Waals surface area contributed by atoms with E-state index in [-0.39, 0.29) is 6.04 Å². The molecule has 0 saturated heterocycles. The normalized spacial score (nSPS) is 13.2. The highest BCUT2D eigenvalue weighted by atomic mass is 16.5. The molecule has 2 aromatic heterocycles. The van der Waals surface area contributed by atoms with E-state index in [9.17, 15) is 0 Å². The molecular weight excluding hydrogens is 192 g/mol. The summed E-state index contributed by atoms with van der Waals surface area (Å²) in [5.74, 6) is 0. The van der Waals surface area contributed by atoms with Gasteiger partial charge in [-0.05, 0) is 7.05 Å². The monoisotopic (exact) mass is 206 g/mol. The minimum atomic E-state index is 0.150. The van der Waals surface area contributed by atoms with Gasteiger partial charge in [-0.25, -0.2) is 4.52 Å². The Morgan fingerprint density at radius 1 is 1.53 bits per heavy atom. The molecule has 15 heavy (non-hydrogen) atoms. The Labute approximate surface area is 88.1 Å². The lowest BCUT2D eigenvalue weighted by atomic mass is 10.1. The van der Waals surface area contributed by atoms with Gasteiger partial charge in [0.05, 0.1) is 30.6 Å². The fourth-order valence-electron chi connectivity index (χ4n) is 1.62. The summed E-state index contributed by atoms with van der Waals surface area (Å²) in [7, 11) is 3.60. The molecule has 2 heterocycles. The van der Waals surface area contributed by atoms with Crippen LogP contribution in [0.1, 0.15) is 11.6 Å². The van der Waals surface area contributed by atoms with E-state index in [0.717, 1.165) is 11.1 Å². The zero-order chi connectivity index (χ0) is 10.7. The van der Waals surface area contributed by atoms with Crippen molar-refractivity contribution in [1.82, 2.24) is 19.9 Å². The van der Waals surface area contributed by atoms with Gasteiger partial charge in [-0.3, -0.25) is 4.98 Å². The maximum atomic E-state index is 5.15. The molecule has 0 saturated carbocycles. The number of likely N-dealkylation sites (N-methyl/N-ethyl adjacent to an activating group) is 1. The lowest BCUT2D eigenvalue weighted by molar-refractivity contribution is 0.171. The maximum absolute atomic E-state index is 5.15. The van der Waals surface area contributed by atoms with Gasteiger partial charge in [0.2, 0.25) is 0 Å². The van der Waals surface area contributed by atoms with E-state index in [1.165, 1.54) is 0 Å². The van der Waals surface area contributed by atoms with Crippen LogP contribution in [0.5, 0.6) is 0 Å². The number of nitrogens with zero attached hydrogens (tertiary/aromatic N) is 3. The third kappa shape index (κ3) is 1.84. The molecule has 5 nitrogen and oxygen atoms in total. The molecule has 2 rings (SSSR count). The smallest absolute Gasteiger partial charge is 0.0893 e. The second-order valence-electron chi connectivity index (χ2n) is 3.30. The molecule has 0 aliphatic rings. The fraction of sp³-hybridized carbons (Fsp3) is 0.400. The summed E-state index contributed by atoms with van der Waals surface area (Å²) in [6.45, 7) is 0.618. The summed E-state index contributed by atoms with van der Waals surface area (Å²) >= 11 is 0. The van der Waals surface area contributed by atoms with E-state index in [1.54, 1.807) is 13.3 Å². The van der Waals surface area contributed by atoms with Crippen LogP contribution in [0, 0.1) is 0 Å². The number of hydrogen-bond donors (Lipinski definition) is 1. The maximum Gasteiger partial charge on any atom is 0.0893 e. The highest BCUT2D eigenvalue weighted by Gasteiger charge is 2.14. The molecule has 0 aliphatic carbocycles. The van der Waals surface area contributed by atoms with Gasteiger partial charge < -0.3 is 10.1 Å². The minimum absolute atomic E-state index is 0.150. The first-order chi connectivity index (χ1) is 7.36. The SMILES string of the molecule is CNC(COC)c1cnn2ccncc12. The molecule has 0 bridgehead atoms. The Kier molecular flexibility index (Phi) is 2.94. The summed E-state index contributed by atoms with van der Waals surface area (Å²) in [6.07, 6.45) is 7.20. The van der Waals surface area contributed by atoms with Crippen molar-refractivity contribution < 1.29 is 4.74 Å². The predicted molar refractivity (Wildman–Crippen MR) is 56.7 cm³/mol. The van der Waals surface area contributed by atoms with E-state index in [1.807, 2.05) is 30.2 Å². The van der Waals surface area contributed by atoms with Crippen LogP contribution in [-0.4, -0.2) is 35.4 Å². The zero-order valence-electron chi connectivity index (χ0n) is 8.84. The van der Waals surface area contributed by atoms with Gasteiger partial charge >= 0.3 is 0 Å². The van der Waals surface area contributed by atoms with Gasteiger partial charge in [0, 0.05) is 25.1 Å².